The maximum Gasteiger partial charge on any atom is 0.314 e. The molecule has 12 heavy (non-hydrogen) atoms. The third-order valence-electron chi connectivity index (χ3n) is 1.37. The third kappa shape index (κ3) is 2.74. The van der Waals surface area contributed by atoms with Gasteiger partial charge in [0, 0.05) is 0 Å². The van der Waals surface area contributed by atoms with Crippen molar-refractivity contribution in [3.8, 4) is 0 Å². The number of hydrogen-bond acceptors (Lipinski definition) is 2. The molecule has 63 valence electrons. The molecule has 0 aliphatic carbocycles. The van der Waals surface area contributed by atoms with Gasteiger partial charge in [-0.15, -0.1) is 0 Å². The number of ether oxygens (including phenoxy) is 1. The Balaban J connectivity index is 2.47. The Morgan fingerprint density at radius 2 is 2.08 bits per heavy atom. The van der Waals surface area contributed by atoms with Crippen molar-refractivity contribution >= 4 is 5.97 Å². The van der Waals surface area contributed by atoms with E-state index in [1.807, 2.05) is 30.3 Å². The number of rotatable bonds is 3. The molecule has 2 nitrogen and oxygen atoms in total. The van der Waals surface area contributed by atoms with Gasteiger partial charge in [-0.25, -0.2) is 0 Å². The Morgan fingerprint density at radius 3 is 2.67 bits per heavy atom. The molecule has 1 aromatic carbocycles. The van der Waals surface area contributed by atoms with Gasteiger partial charge in [-0.05, 0) is 12.5 Å². The van der Waals surface area contributed by atoms with Gasteiger partial charge >= 0.3 is 5.97 Å². The molecule has 1 aromatic rings. The van der Waals surface area contributed by atoms with E-state index in [4.69, 9.17) is 4.74 Å². The molecule has 0 amide bonds. The monoisotopic (exact) mass is 163 g/mol. The van der Waals surface area contributed by atoms with Crippen molar-refractivity contribution in [2.24, 2.45) is 0 Å². The Bertz CT molecular complexity index is 241. The van der Waals surface area contributed by atoms with Crippen LogP contribution in [0.4, 0.5) is 0 Å². The molecular formula is C10H11O2. The summed E-state index contributed by atoms with van der Waals surface area (Å²) in [5.41, 5.74) is 0.871. The molecule has 0 aliphatic heterocycles. The highest BCUT2D eigenvalue weighted by molar-refractivity contribution is 5.83. The molecule has 0 atom stereocenters. The largest absolute Gasteiger partial charge is 0.465 e. The number of esters is 1. The highest BCUT2D eigenvalue weighted by atomic mass is 16.5. The summed E-state index contributed by atoms with van der Waals surface area (Å²) in [6, 6.07) is 9.38. The van der Waals surface area contributed by atoms with Crippen LogP contribution < -0.4 is 0 Å². The zero-order valence-electron chi connectivity index (χ0n) is 6.99. The molecule has 2 heteroatoms. The zero-order chi connectivity index (χ0) is 8.81. The minimum atomic E-state index is -0.288. The molecule has 0 saturated heterocycles. The van der Waals surface area contributed by atoms with Gasteiger partial charge < -0.3 is 4.74 Å². The van der Waals surface area contributed by atoms with Gasteiger partial charge in [-0.1, -0.05) is 30.3 Å². The second kappa shape index (κ2) is 4.54. The third-order valence-corrected chi connectivity index (χ3v) is 1.37. The minimum absolute atomic E-state index is 0.288. The molecule has 0 unspecified atom stereocenters. The molecule has 1 radical (unpaired) electrons. The zero-order valence-corrected chi connectivity index (χ0v) is 6.99. The fraction of sp³-hybridized carbons (Fsp3) is 0.200. The second-order valence-corrected chi connectivity index (χ2v) is 2.31. The molecule has 1 rings (SSSR count). The lowest BCUT2D eigenvalue weighted by Crippen LogP contribution is -2.04. The van der Waals surface area contributed by atoms with Gasteiger partial charge in [0.25, 0.3) is 0 Å². The van der Waals surface area contributed by atoms with Crippen LogP contribution in [0.1, 0.15) is 12.5 Å². The fourth-order valence-electron chi connectivity index (χ4n) is 0.869. The molecular weight excluding hydrogens is 152 g/mol. The van der Waals surface area contributed by atoms with Gasteiger partial charge in [0.05, 0.1) is 13.0 Å². The highest BCUT2D eigenvalue weighted by Gasteiger charge is 2.02. The lowest BCUT2D eigenvalue weighted by atomic mass is 10.2. The lowest BCUT2D eigenvalue weighted by Gasteiger charge is -1.99. The highest BCUT2D eigenvalue weighted by Crippen LogP contribution is 2.02. The summed E-state index contributed by atoms with van der Waals surface area (Å²) in [5.74, 6) is -0.288. The van der Waals surface area contributed by atoms with Crippen molar-refractivity contribution in [3.05, 3.63) is 42.3 Å². The Kier molecular flexibility index (Phi) is 3.33. The van der Waals surface area contributed by atoms with Crippen LogP contribution in [0.5, 0.6) is 0 Å². The van der Waals surface area contributed by atoms with Crippen LogP contribution in [0, 0.1) is 6.42 Å². The lowest BCUT2D eigenvalue weighted by molar-refractivity contribution is -0.138. The van der Waals surface area contributed by atoms with Crippen LogP contribution in [-0.2, 0) is 9.53 Å². The SMILES string of the molecule is CCOC(=O)[CH]c1ccccc1. The van der Waals surface area contributed by atoms with E-state index in [-0.39, 0.29) is 5.97 Å². The summed E-state index contributed by atoms with van der Waals surface area (Å²) in [6.07, 6.45) is 1.48. The van der Waals surface area contributed by atoms with Crippen molar-refractivity contribution in [1.29, 1.82) is 0 Å². The van der Waals surface area contributed by atoms with Gasteiger partial charge in [0.15, 0.2) is 0 Å². The van der Waals surface area contributed by atoms with Crippen molar-refractivity contribution in [1.82, 2.24) is 0 Å². The first-order chi connectivity index (χ1) is 5.83. The predicted octanol–water partition coefficient (Wildman–Crippen LogP) is 1.80. The van der Waals surface area contributed by atoms with Gasteiger partial charge in [-0.3, -0.25) is 4.79 Å². The maximum atomic E-state index is 10.9. The van der Waals surface area contributed by atoms with Crippen LogP contribution in [0.15, 0.2) is 30.3 Å². The molecule has 0 heterocycles. The van der Waals surface area contributed by atoms with E-state index in [9.17, 15) is 4.79 Å². The molecule has 0 saturated carbocycles. The number of hydrogen-bond donors (Lipinski definition) is 0. The Hall–Kier alpha value is -1.31. The molecule has 0 fully saturated rings. The van der Waals surface area contributed by atoms with E-state index in [1.165, 1.54) is 6.42 Å². The number of carbonyl (C=O) groups excluding carboxylic acids is 1. The Labute approximate surface area is 72.2 Å². The molecule has 0 aromatic heterocycles. The van der Waals surface area contributed by atoms with Gasteiger partial charge in [-0.2, -0.15) is 0 Å². The summed E-state index contributed by atoms with van der Waals surface area (Å²) in [6.45, 7) is 2.21. The van der Waals surface area contributed by atoms with E-state index in [0.29, 0.717) is 6.61 Å². The Morgan fingerprint density at radius 1 is 1.42 bits per heavy atom. The van der Waals surface area contributed by atoms with Crippen LogP contribution >= 0.6 is 0 Å². The molecule has 0 aliphatic rings. The molecule has 0 spiro atoms. The summed E-state index contributed by atoms with van der Waals surface area (Å²) >= 11 is 0. The molecule has 0 bridgehead atoms. The van der Waals surface area contributed by atoms with Crippen LogP contribution in [-0.4, -0.2) is 12.6 Å². The summed E-state index contributed by atoms with van der Waals surface area (Å²) in [7, 11) is 0. The molecule has 0 N–H and O–H groups in total. The van der Waals surface area contributed by atoms with Crippen LogP contribution in [0.25, 0.3) is 0 Å². The van der Waals surface area contributed by atoms with E-state index < -0.39 is 0 Å². The average Bonchev–Trinajstić information content (AvgIpc) is 2.06. The fourth-order valence-corrected chi connectivity index (χ4v) is 0.869. The maximum absolute atomic E-state index is 10.9. The van der Waals surface area contributed by atoms with Crippen molar-refractivity contribution < 1.29 is 9.53 Å². The van der Waals surface area contributed by atoms with Crippen molar-refractivity contribution in [2.75, 3.05) is 6.61 Å². The van der Waals surface area contributed by atoms with E-state index in [0.717, 1.165) is 5.56 Å². The topological polar surface area (TPSA) is 26.3 Å². The van der Waals surface area contributed by atoms with Crippen LogP contribution in [0.2, 0.25) is 0 Å². The first kappa shape index (κ1) is 8.78. The number of carbonyl (C=O) groups is 1. The average molecular weight is 163 g/mol. The minimum Gasteiger partial charge on any atom is -0.465 e. The quantitative estimate of drug-likeness (QED) is 0.635. The smallest absolute Gasteiger partial charge is 0.314 e. The van der Waals surface area contributed by atoms with E-state index >= 15 is 0 Å². The first-order valence-corrected chi connectivity index (χ1v) is 3.89. The van der Waals surface area contributed by atoms with Crippen molar-refractivity contribution in [2.45, 2.75) is 6.92 Å². The van der Waals surface area contributed by atoms with E-state index in [1.54, 1.807) is 6.92 Å². The van der Waals surface area contributed by atoms with E-state index in [2.05, 4.69) is 0 Å². The summed E-state index contributed by atoms with van der Waals surface area (Å²) < 4.78 is 4.75. The van der Waals surface area contributed by atoms with Crippen LogP contribution in [0.3, 0.4) is 0 Å². The van der Waals surface area contributed by atoms with Gasteiger partial charge in [0.2, 0.25) is 0 Å². The summed E-state index contributed by atoms with van der Waals surface area (Å²) in [4.78, 5) is 10.9. The first-order valence-electron chi connectivity index (χ1n) is 3.89. The normalized spacial score (nSPS) is 9.42. The predicted molar refractivity (Wildman–Crippen MR) is 46.5 cm³/mol. The van der Waals surface area contributed by atoms with Gasteiger partial charge in [0.1, 0.15) is 0 Å². The summed E-state index contributed by atoms with van der Waals surface area (Å²) in [5, 5.41) is 0. The number of benzene rings is 1. The van der Waals surface area contributed by atoms with Crippen molar-refractivity contribution in [3.63, 3.8) is 0 Å². The standard InChI is InChI=1S/C10H11O2/c1-2-12-10(11)8-9-6-4-3-5-7-9/h3-8H,2H2,1H3. The second-order valence-electron chi connectivity index (χ2n) is 2.31.